The summed E-state index contributed by atoms with van der Waals surface area (Å²) in [5.41, 5.74) is 0. The predicted octanol–water partition coefficient (Wildman–Crippen LogP) is -0.394. The fraction of sp³-hybridized carbons (Fsp3) is 1.00. The van der Waals surface area contributed by atoms with E-state index in [-0.39, 0.29) is 11.8 Å². The van der Waals surface area contributed by atoms with Crippen LogP contribution in [0.5, 0.6) is 0 Å². The first-order valence-electron chi connectivity index (χ1n) is 5.66. The van der Waals surface area contributed by atoms with Gasteiger partial charge in [0, 0.05) is 13.1 Å². The van der Waals surface area contributed by atoms with Crippen LogP contribution in [0.3, 0.4) is 0 Å². The Kier molecular flexibility index (Phi) is 6.32. The summed E-state index contributed by atoms with van der Waals surface area (Å²) in [5, 5.41) is 22.6. The van der Waals surface area contributed by atoms with Crippen molar-refractivity contribution < 1.29 is 14.7 Å². The fourth-order valence-electron chi connectivity index (χ4n) is 2.30. The lowest BCUT2D eigenvalue weighted by atomic mass is 10.2. The highest BCUT2D eigenvalue weighted by molar-refractivity contribution is 6.18. The van der Waals surface area contributed by atoms with E-state index in [4.69, 9.17) is 23.2 Å². The molecule has 0 amide bonds. The van der Waals surface area contributed by atoms with Gasteiger partial charge in [0.15, 0.2) is 0 Å². The minimum absolute atomic E-state index is 0.240. The Morgan fingerprint density at radius 2 is 1.44 bits per heavy atom. The number of nitrogens with one attached hydrogen (secondary N) is 1. The summed E-state index contributed by atoms with van der Waals surface area (Å²) in [6, 6.07) is 0. The summed E-state index contributed by atoms with van der Waals surface area (Å²) in [5.74, 6) is 0.481. The zero-order chi connectivity index (χ0) is 12.0. The third kappa shape index (κ3) is 4.35. The van der Waals surface area contributed by atoms with E-state index in [9.17, 15) is 10.2 Å². The van der Waals surface area contributed by atoms with E-state index in [0.29, 0.717) is 17.6 Å². The molecule has 0 saturated carbocycles. The van der Waals surface area contributed by atoms with E-state index in [1.165, 1.54) is 0 Å². The van der Waals surface area contributed by atoms with Crippen LogP contribution in [-0.4, -0.2) is 77.9 Å². The molecular formula is C10H21Cl2N2O2+. The van der Waals surface area contributed by atoms with Crippen molar-refractivity contribution >= 4 is 23.2 Å². The van der Waals surface area contributed by atoms with E-state index in [1.54, 1.807) is 0 Å². The molecule has 3 N–H and O–H groups in total. The number of hydrogen-bond donors (Lipinski definition) is 3. The number of nitrogens with zero attached hydrogens (tertiary/aromatic N) is 1. The van der Waals surface area contributed by atoms with Gasteiger partial charge in [0.05, 0.1) is 24.8 Å². The highest BCUT2D eigenvalue weighted by atomic mass is 35.5. The smallest absolute Gasteiger partial charge is 0.116 e. The zero-order valence-corrected chi connectivity index (χ0v) is 10.9. The van der Waals surface area contributed by atoms with Crippen molar-refractivity contribution in [3.8, 4) is 0 Å². The summed E-state index contributed by atoms with van der Waals surface area (Å²) in [7, 11) is 0. The molecule has 0 radical (unpaired) electrons. The number of alkyl halides is 2. The molecule has 0 aliphatic carbocycles. The van der Waals surface area contributed by atoms with Gasteiger partial charge in [-0.3, -0.25) is 0 Å². The lowest BCUT2D eigenvalue weighted by Gasteiger charge is -2.43. The number of halogens is 2. The quantitative estimate of drug-likeness (QED) is 0.456. The van der Waals surface area contributed by atoms with Gasteiger partial charge in [-0.2, -0.15) is 0 Å². The normalized spacial score (nSPS) is 24.0. The van der Waals surface area contributed by atoms with Gasteiger partial charge >= 0.3 is 0 Å². The number of aliphatic hydroxyl groups excluding tert-OH is 2. The highest BCUT2D eigenvalue weighted by Gasteiger charge is 2.34. The van der Waals surface area contributed by atoms with E-state index in [0.717, 1.165) is 26.2 Å². The zero-order valence-electron chi connectivity index (χ0n) is 9.41. The maximum atomic E-state index is 9.68. The topological polar surface area (TPSA) is 52.5 Å². The Morgan fingerprint density at radius 1 is 1.00 bits per heavy atom. The molecule has 96 valence electrons. The largest absolute Gasteiger partial charge is 0.386 e. The van der Waals surface area contributed by atoms with Crippen LogP contribution in [0, 0.1) is 0 Å². The highest BCUT2D eigenvalue weighted by Crippen LogP contribution is 2.13. The van der Waals surface area contributed by atoms with Gasteiger partial charge in [0.1, 0.15) is 25.3 Å². The Morgan fingerprint density at radius 3 is 1.81 bits per heavy atom. The lowest BCUT2D eigenvalue weighted by Crippen LogP contribution is -2.63. The van der Waals surface area contributed by atoms with Crippen LogP contribution in [0.1, 0.15) is 0 Å². The molecule has 1 rings (SSSR count). The van der Waals surface area contributed by atoms with E-state index >= 15 is 0 Å². The maximum absolute atomic E-state index is 9.68. The molecule has 0 bridgehead atoms. The Balaban J connectivity index is 2.59. The molecule has 0 spiro atoms. The second-order valence-electron chi connectivity index (χ2n) is 4.52. The van der Waals surface area contributed by atoms with Crippen molar-refractivity contribution in [2.24, 2.45) is 0 Å². The molecule has 0 aromatic heterocycles. The Bertz CT molecular complexity index is 187. The van der Waals surface area contributed by atoms with Gasteiger partial charge in [-0.1, -0.05) is 0 Å². The molecule has 6 heteroatoms. The second-order valence-corrected chi connectivity index (χ2v) is 5.14. The van der Waals surface area contributed by atoms with E-state index in [1.807, 2.05) is 0 Å². The number of quaternary nitrogens is 1. The van der Waals surface area contributed by atoms with Crippen LogP contribution in [0.25, 0.3) is 0 Å². The third-order valence-electron chi connectivity index (χ3n) is 3.08. The van der Waals surface area contributed by atoms with Crippen LogP contribution >= 0.6 is 23.2 Å². The fourth-order valence-corrected chi connectivity index (χ4v) is 2.50. The molecule has 1 fully saturated rings. The number of piperazine rings is 1. The lowest BCUT2D eigenvalue weighted by molar-refractivity contribution is -0.934. The molecule has 2 atom stereocenters. The van der Waals surface area contributed by atoms with Crippen molar-refractivity contribution in [2.75, 3.05) is 51.0 Å². The van der Waals surface area contributed by atoms with Crippen molar-refractivity contribution in [3.63, 3.8) is 0 Å². The summed E-state index contributed by atoms with van der Waals surface area (Å²) in [4.78, 5) is 0. The van der Waals surface area contributed by atoms with Gasteiger partial charge in [0.2, 0.25) is 0 Å². The second kappa shape index (κ2) is 6.99. The van der Waals surface area contributed by atoms with Crippen molar-refractivity contribution in [3.05, 3.63) is 0 Å². The molecule has 2 unspecified atom stereocenters. The minimum Gasteiger partial charge on any atom is -0.386 e. The maximum Gasteiger partial charge on any atom is 0.116 e. The van der Waals surface area contributed by atoms with Crippen LogP contribution in [0.4, 0.5) is 0 Å². The summed E-state index contributed by atoms with van der Waals surface area (Å²) < 4.78 is 0.703. The first-order chi connectivity index (χ1) is 7.62. The SMILES string of the molecule is OC(CCl)C[N+]1(CC(O)CCl)CCNCC1. The summed E-state index contributed by atoms with van der Waals surface area (Å²) in [6.07, 6.45) is -1.02. The standard InChI is InChI=1S/C10H21Cl2N2O2/c11-5-9(15)7-14(8-10(16)6-12)3-1-13-2-4-14/h9-10,13,15-16H,1-8H2/q+1. The van der Waals surface area contributed by atoms with Crippen molar-refractivity contribution in [1.29, 1.82) is 0 Å². The van der Waals surface area contributed by atoms with Crippen molar-refractivity contribution in [1.82, 2.24) is 5.32 Å². The number of aliphatic hydroxyl groups is 2. The van der Waals surface area contributed by atoms with Crippen molar-refractivity contribution in [2.45, 2.75) is 12.2 Å². The van der Waals surface area contributed by atoms with Crippen LogP contribution in [0.15, 0.2) is 0 Å². The van der Waals surface area contributed by atoms with Crippen LogP contribution < -0.4 is 5.32 Å². The van der Waals surface area contributed by atoms with Crippen LogP contribution in [-0.2, 0) is 0 Å². The first kappa shape index (κ1) is 14.5. The minimum atomic E-state index is -0.512. The Labute approximate surface area is 107 Å². The first-order valence-corrected chi connectivity index (χ1v) is 6.72. The van der Waals surface area contributed by atoms with Crippen LogP contribution in [0.2, 0.25) is 0 Å². The predicted molar refractivity (Wildman–Crippen MR) is 66.1 cm³/mol. The molecule has 16 heavy (non-hydrogen) atoms. The summed E-state index contributed by atoms with van der Waals surface area (Å²) >= 11 is 11.3. The number of rotatable bonds is 6. The number of hydrogen-bond acceptors (Lipinski definition) is 3. The average Bonchev–Trinajstić information content (AvgIpc) is 2.29. The average molecular weight is 272 g/mol. The molecule has 4 nitrogen and oxygen atoms in total. The van der Waals surface area contributed by atoms with E-state index in [2.05, 4.69) is 5.32 Å². The molecule has 1 saturated heterocycles. The third-order valence-corrected chi connectivity index (χ3v) is 3.79. The molecule has 1 aliphatic heterocycles. The molecule has 1 aliphatic rings. The van der Waals surface area contributed by atoms with Gasteiger partial charge in [-0.05, 0) is 0 Å². The molecular weight excluding hydrogens is 251 g/mol. The molecule has 0 aromatic carbocycles. The van der Waals surface area contributed by atoms with E-state index < -0.39 is 12.2 Å². The summed E-state index contributed by atoms with van der Waals surface area (Å²) in [6.45, 7) is 4.82. The molecule has 1 heterocycles. The van der Waals surface area contributed by atoms with Gasteiger partial charge in [0.25, 0.3) is 0 Å². The Hall–Kier alpha value is 0.420. The van der Waals surface area contributed by atoms with Gasteiger partial charge in [-0.15, -0.1) is 23.2 Å². The molecule has 0 aromatic rings. The van der Waals surface area contributed by atoms with Gasteiger partial charge in [-0.25, -0.2) is 0 Å². The van der Waals surface area contributed by atoms with Gasteiger partial charge < -0.3 is 20.0 Å². The monoisotopic (exact) mass is 271 g/mol.